The Bertz CT molecular complexity index is 593. The molecule has 2 atom stereocenters. The van der Waals surface area contributed by atoms with Crippen molar-refractivity contribution in [1.29, 1.82) is 0 Å². The van der Waals surface area contributed by atoms with E-state index in [1.165, 1.54) is 30.4 Å². The molecule has 3 heteroatoms. The summed E-state index contributed by atoms with van der Waals surface area (Å²) < 4.78 is 0. The maximum atomic E-state index is 12.9. The van der Waals surface area contributed by atoms with Gasteiger partial charge in [0.1, 0.15) is 0 Å². The van der Waals surface area contributed by atoms with Crippen LogP contribution in [0.3, 0.4) is 0 Å². The number of aryl methyl sites for hydroxylation is 1. The number of benzene rings is 1. The summed E-state index contributed by atoms with van der Waals surface area (Å²) in [5, 5.41) is 12.0. The third-order valence-corrected chi connectivity index (χ3v) is 6.60. The first-order valence-corrected chi connectivity index (χ1v) is 9.02. The number of carbonyl (C=O) groups excluding carboxylic acids is 1. The van der Waals surface area contributed by atoms with Gasteiger partial charge in [-0.2, -0.15) is 0 Å². The minimum absolute atomic E-state index is 0.0256. The Hall–Kier alpha value is -1.35. The van der Waals surface area contributed by atoms with Gasteiger partial charge in [0.05, 0.1) is 12.0 Å². The normalized spacial score (nSPS) is 37.8. The molecule has 3 nitrogen and oxygen atoms in total. The van der Waals surface area contributed by atoms with Gasteiger partial charge in [-0.1, -0.05) is 29.8 Å². The predicted octanol–water partition coefficient (Wildman–Crippen LogP) is 2.94. The lowest BCUT2D eigenvalue weighted by Gasteiger charge is -2.61. The van der Waals surface area contributed by atoms with Gasteiger partial charge < -0.3 is 10.4 Å². The summed E-state index contributed by atoms with van der Waals surface area (Å²) >= 11 is 0. The molecule has 0 aromatic heterocycles. The molecule has 1 aromatic rings. The second-order valence-corrected chi connectivity index (χ2v) is 8.37. The Morgan fingerprint density at radius 2 is 1.83 bits per heavy atom. The minimum atomic E-state index is -0.190. The van der Waals surface area contributed by atoms with Gasteiger partial charge in [0, 0.05) is 6.54 Å². The van der Waals surface area contributed by atoms with Crippen molar-refractivity contribution in [3.05, 3.63) is 35.4 Å². The molecule has 0 spiro atoms. The molecule has 4 fully saturated rings. The molecule has 4 aliphatic carbocycles. The van der Waals surface area contributed by atoms with E-state index in [-0.39, 0.29) is 23.3 Å². The van der Waals surface area contributed by atoms with Crippen LogP contribution in [-0.2, 0) is 10.2 Å². The van der Waals surface area contributed by atoms with Crippen molar-refractivity contribution in [1.82, 2.24) is 5.32 Å². The molecule has 1 aromatic carbocycles. The number of aliphatic hydroxyl groups excluding tert-OH is 1. The summed E-state index contributed by atoms with van der Waals surface area (Å²) in [5.74, 6) is 1.58. The lowest BCUT2D eigenvalue weighted by molar-refractivity contribution is -0.149. The monoisotopic (exact) mass is 313 g/mol. The van der Waals surface area contributed by atoms with E-state index in [0.717, 1.165) is 19.3 Å². The van der Waals surface area contributed by atoms with Gasteiger partial charge in [0.25, 0.3) is 0 Å². The number of nitrogens with one attached hydrogen (secondary N) is 1. The van der Waals surface area contributed by atoms with Crippen molar-refractivity contribution in [2.24, 2.45) is 17.3 Å². The Balaban J connectivity index is 1.68. The molecule has 23 heavy (non-hydrogen) atoms. The molecule has 124 valence electrons. The summed E-state index contributed by atoms with van der Waals surface area (Å²) in [7, 11) is 0. The van der Waals surface area contributed by atoms with Gasteiger partial charge in [-0.15, -0.1) is 0 Å². The van der Waals surface area contributed by atoms with Crippen molar-refractivity contribution in [3.63, 3.8) is 0 Å². The Morgan fingerprint density at radius 1 is 1.17 bits per heavy atom. The lowest BCUT2D eigenvalue weighted by atomic mass is 9.42. The third-order valence-electron chi connectivity index (χ3n) is 6.60. The second kappa shape index (κ2) is 5.34. The molecule has 5 rings (SSSR count). The zero-order valence-corrected chi connectivity index (χ0v) is 14.0. The van der Waals surface area contributed by atoms with Crippen molar-refractivity contribution >= 4 is 5.91 Å². The van der Waals surface area contributed by atoms with E-state index in [1.807, 2.05) is 0 Å². The van der Waals surface area contributed by atoms with Crippen molar-refractivity contribution in [3.8, 4) is 0 Å². The molecule has 0 radical (unpaired) electrons. The fourth-order valence-corrected chi connectivity index (χ4v) is 6.13. The first kappa shape index (κ1) is 15.2. The van der Waals surface area contributed by atoms with Crippen LogP contribution in [-0.4, -0.2) is 24.2 Å². The molecule has 4 aliphatic rings. The van der Waals surface area contributed by atoms with Gasteiger partial charge in [-0.3, -0.25) is 4.79 Å². The molecule has 1 amide bonds. The fraction of sp³-hybridized carbons (Fsp3) is 0.650. The van der Waals surface area contributed by atoms with Gasteiger partial charge in [-0.25, -0.2) is 0 Å². The standard InChI is InChI=1S/C20H27NO2/c1-14-2-4-17(5-3-14)19-9-15-8-16(10-19)12-20(11-15,13-19)18(23)21-6-7-22/h2-5,15-16,22H,6-13H2,1H3,(H,21,23)/t15-,16-,19?,20?/m0/s1. The summed E-state index contributed by atoms with van der Waals surface area (Å²) in [6.45, 7) is 2.54. The Kier molecular flexibility index (Phi) is 3.53. The minimum Gasteiger partial charge on any atom is -0.395 e. The first-order valence-electron chi connectivity index (χ1n) is 9.02. The van der Waals surface area contributed by atoms with Crippen molar-refractivity contribution in [2.75, 3.05) is 13.2 Å². The van der Waals surface area contributed by atoms with E-state index < -0.39 is 0 Å². The van der Waals surface area contributed by atoms with Crippen LogP contribution in [0.25, 0.3) is 0 Å². The summed E-state index contributed by atoms with van der Waals surface area (Å²) in [4.78, 5) is 12.9. The van der Waals surface area contributed by atoms with Crippen LogP contribution in [0.2, 0.25) is 0 Å². The quantitative estimate of drug-likeness (QED) is 0.898. The molecular weight excluding hydrogens is 286 g/mol. The highest BCUT2D eigenvalue weighted by Crippen LogP contribution is 2.65. The SMILES string of the molecule is Cc1ccc(C23C[C@@H]4C[C@H](CC(C(=O)NCCO)(C4)C2)C3)cc1. The van der Waals surface area contributed by atoms with Gasteiger partial charge in [-0.05, 0) is 68.3 Å². The molecule has 0 unspecified atom stereocenters. The smallest absolute Gasteiger partial charge is 0.226 e. The largest absolute Gasteiger partial charge is 0.395 e. The number of hydrogen-bond acceptors (Lipinski definition) is 2. The van der Waals surface area contributed by atoms with E-state index in [0.29, 0.717) is 18.4 Å². The Morgan fingerprint density at radius 3 is 2.43 bits per heavy atom. The molecule has 4 bridgehead atoms. The molecule has 0 heterocycles. The van der Waals surface area contributed by atoms with Crippen LogP contribution in [0.5, 0.6) is 0 Å². The molecule has 4 saturated carbocycles. The van der Waals surface area contributed by atoms with E-state index in [2.05, 4.69) is 36.5 Å². The molecular formula is C20H27NO2. The van der Waals surface area contributed by atoms with Gasteiger partial charge in [0.15, 0.2) is 0 Å². The summed E-state index contributed by atoms with van der Waals surface area (Å²) in [6, 6.07) is 9.02. The fourth-order valence-electron chi connectivity index (χ4n) is 6.13. The topological polar surface area (TPSA) is 49.3 Å². The highest BCUT2D eigenvalue weighted by molar-refractivity contribution is 5.83. The average Bonchev–Trinajstić information content (AvgIpc) is 2.51. The van der Waals surface area contributed by atoms with Crippen molar-refractivity contribution < 1.29 is 9.90 Å². The van der Waals surface area contributed by atoms with Crippen LogP contribution in [0.1, 0.15) is 49.7 Å². The average molecular weight is 313 g/mol. The number of carbonyl (C=O) groups is 1. The second-order valence-electron chi connectivity index (χ2n) is 8.37. The number of hydrogen-bond donors (Lipinski definition) is 2. The summed E-state index contributed by atoms with van der Waals surface area (Å²) in [5.41, 5.74) is 2.75. The third kappa shape index (κ3) is 2.40. The maximum absolute atomic E-state index is 12.9. The molecule has 2 N–H and O–H groups in total. The maximum Gasteiger partial charge on any atom is 0.226 e. The van der Waals surface area contributed by atoms with Crippen LogP contribution < -0.4 is 5.32 Å². The van der Waals surface area contributed by atoms with Crippen LogP contribution >= 0.6 is 0 Å². The van der Waals surface area contributed by atoms with Gasteiger partial charge in [0.2, 0.25) is 5.91 Å². The number of aliphatic hydroxyl groups is 1. The number of amides is 1. The summed E-state index contributed by atoms with van der Waals surface area (Å²) in [6.07, 6.45) is 6.90. The zero-order valence-electron chi connectivity index (χ0n) is 14.0. The molecule has 0 aliphatic heterocycles. The highest BCUT2D eigenvalue weighted by Gasteiger charge is 2.60. The molecule has 0 saturated heterocycles. The Labute approximate surface area is 138 Å². The zero-order chi connectivity index (χ0) is 16.1. The van der Waals surface area contributed by atoms with Crippen LogP contribution in [0, 0.1) is 24.2 Å². The van der Waals surface area contributed by atoms with Crippen molar-refractivity contribution in [2.45, 2.75) is 50.9 Å². The van der Waals surface area contributed by atoms with Crippen LogP contribution in [0.4, 0.5) is 0 Å². The highest BCUT2D eigenvalue weighted by atomic mass is 16.3. The van der Waals surface area contributed by atoms with E-state index >= 15 is 0 Å². The van der Waals surface area contributed by atoms with E-state index in [1.54, 1.807) is 0 Å². The van der Waals surface area contributed by atoms with E-state index in [9.17, 15) is 4.79 Å². The first-order chi connectivity index (χ1) is 11.1. The lowest BCUT2D eigenvalue weighted by Crippen LogP contribution is -2.59. The predicted molar refractivity (Wildman–Crippen MR) is 90.1 cm³/mol. The van der Waals surface area contributed by atoms with Crippen LogP contribution in [0.15, 0.2) is 24.3 Å². The number of rotatable bonds is 4. The van der Waals surface area contributed by atoms with E-state index in [4.69, 9.17) is 5.11 Å². The van der Waals surface area contributed by atoms with Gasteiger partial charge >= 0.3 is 0 Å².